The van der Waals surface area contributed by atoms with Crippen LogP contribution in [0.4, 0.5) is 0 Å². The summed E-state index contributed by atoms with van der Waals surface area (Å²) in [4.78, 5) is 91.5. The maximum Gasteiger partial charge on any atom is 0.347 e. The number of hydroxylamine groups is 4. The highest BCUT2D eigenvalue weighted by Gasteiger charge is 2.35. The maximum absolute atomic E-state index is 12.0. The molecule has 2 saturated heterocycles. The van der Waals surface area contributed by atoms with Gasteiger partial charge < -0.3 is 14.4 Å². The first kappa shape index (κ1) is 21.0. The van der Waals surface area contributed by atoms with Crippen molar-refractivity contribution in [3.05, 3.63) is 0 Å². The van der Waals surface area contributed by atoms with Crippen LogP contribution >= 0.6 is 0 Å². The summed E-state index contributed by atoms with van der Waals surface area (Å²) in [5.41, 5.74) is 0. The quantitative estimate of drug-likeness (QED) is 0.319. The van der Waals surface area contributed by atoms with E-state index in [1.165, 1.54) is 0 Å². The third-order valence-corrected chi connectivity index (χ3v) is 3.68. The monoisotopic (exact) mass is 399 g/mol. The molecular weight excluding hydrogens is 382 g/mol. The maximum atomic E-state index is 12.0. The first-order chi connectivity index (χ1) is 13.2. The summed E-state index contributed by atoms with van der Waals surface area (Å²) in [6, 6.07) is 0. The molecule has 2 fully saturated rings. The van der Waals surface area contributed by atoms with E-state index in [2.05, 4.69) is 14.4 Å². The number of ether oxygens (including phenoxy) is 1. The first-order valence-corrected chi connectivity index (χ1v) is 8.13. The molecule has 0 aliphatic carbocycles. The first-order valence-electron chi connectivity index (χ1n) is 8.13. The number of rotatable bonds is 8. The van der Waals surface area contributed by atoms with Gasteiger partial charge in [0, 0.05) is 25.7 Å². The lowest BCUT2D eigenvalue weighted by Gasteiger charge is -2.21. The van der Waals surface area contributed by atoms with E-state index in [-0.39, 0.29) is 25.7 Å². The topological polar surface area (TPSA) is 157 Å². The van der Waals surface area contributed by atoms with Crippen molar-refractivity contribution in [3.63, 3.8) is 0 Å². The molecule has 2 rings (SSSR count). The van der Waals surface area contributed by atoms with Crippen LogP contribution in [0.15, 0.2) is 0 Å². The molecule has 0 aromatic heterocycles. The smallest absolute Gasteiger partial charge is 0.347 e. The predicted octanol–water partition coefficient (Wildman–Crippen LogP) is -2.32. The van der Waals surface area contributed by atoms with Gasteiger partial charge in [0.25, 0.3) is 23.6 Å². The molecule has 0 aromatic carbocycles. The van der Waals surface area contributed by atoms with Gasteiger partial charge in [0.2, 0.25) is 0 Å². The van der Waals surface area contributed by atoms with Gasteiger partial charge in [0.05, 0.1) is 13.7 Å². The number of carbonyl (C=O) groups is 7. The second-order valence-corrected chi connectivity index (χ2v) is 5.81. The van der Waals surface area contributed by atoms with Gasteiger partial charge in [-0.25, -0.2) is 9.59 Å². The SMILES string of the molecule is COC(=O)CN(CC(=O)ON1C(=O)CCC1=O)CC(=O)ON1C(=O)CCC1=O. The van der Waals surface area contributed by atoms with Crippen LogP contribution in [0, 0.1) is 0 Å². The number of carbonyl (C=O) groups excluding carboxylic acids is 7. The van der Waals surface area contributed by atoms with E-state index in [0.717, 1.165) is 12.0 Å². The van der Waals surface area contributed by atoms with E-state index < -0.39 is 61.2 Å². The summed E-state index contributed by atoms with van der Waals surface area (Å²) in [5.74, 6) is -5.75. The van der Waals surface area contributed by atoms with Crippen molar-refractivity contribution in [2.75, 3.05) is 26.7 Å². The average molecular weight is 399 g/mol. The fraction of sp³-hybridized carbons (Fsp3) is 0.533. The van der Waals surface area contributed by atoms with Crippen LogP contribution in [0.3, 0.4) is 0 Å². The van der Waals surface area contributed by atoms with Crippen LogP contribution < -0.4 is 0 Å². The molecule has 13 heteroatoms. The highest BCUT2D eigenvalue weighted by molar-refractivity contribution is 6.02. The highest BCUT2D eigenvalue weighted by Crippen LogP contribution is 2.13. The lowest BCUT2D eigenvalue weighted by molar-refractivity contribution is -0.201. The van der Waals surface area contributed by atoms with Crippen molar-refractivity contribution < 1.29 is 48.0 Å². The largest absolute Gasteiger partial charge is 0.468 e. The van der Waals surface area contributed by atoms with E-state index in [9.17, 15) is 33.6 Å². The lowest BCUT2D eigenvalue weighted by Crippen LogP contribution is -2.44. The predicted molar refractivity (Wildman–Crippen MR) is 82.8 cm³/mol. The fourth-order valence-corrected chi connectivity index (χ4v) is 2.36. The van der Waals surface area contributed by atoms with Gasteiger partial charge in [-0.3, -0.25) is 28.9 Å². The minimum absolute atomic E-state index is 0.0950. The van der Waals surface area contributed by atoms with Gasteiger partial charge in [0.1, 0.15) is 13.1 Å². The molecular formula is C15H17N3O10. The molecule has 13 nitrogen and oxygen atoms in total. The van der Waals surface area contributed by atoms with Crippen LogP contribution in [0.2, 0.25) is 0 Å². The molecule has 0 unspecified atom stereocenters. The van der Waals surface area contributed by atoms with Crippen LogP contribution in [-0.2, 0) is 48.0 Å². The second kappa shape index (κ2) is 9.03. The standard InChI is InChI=1S/C15H17N3O10/c1-26-13(23)6-16(7-14(24)27-17-9(19)2-3-10(17)20)8-15(25)28-18-11(21)4-5-12(18)22/h2-8H2,1H3. The zero-order chi connectivity index (χ0) is 20.8. The molecule has 2 aliphatic heterocycles. The Morgan fingerprint density at radius 1 is 0.714 bits per heavy atom. The number of imide groups is 2. The second-order valence-electron chi connectivity index (χ2n) is 5.81. The molecule has 0 bridgehead atoms. The normalized spacial score (nSPS) is 16.8. The number of hydrogen-bond donors (Lipinski definition) is 0. The Balaban J connectivity index is 1.95. The van der Waals surface area contributed by atoms with Crippen LogP contribution in [0.1, 0.15) is 25.7 Å². The van der Waals surface area contributed by atoms with Crippen molar-refractivity contribution in [1.29, 1.82) is 0 Å². The summed E-state index contributed by atoms with van der Waals surface area (Å²) >= 11 is 0. The van der Waals surface area contributed by atoms with Gasteiger partial charge in [0.15, 0.2) is 0 Å². The van der Waals surface area contributed by atoms with Crippen LogP contribution in [-0.4, -0.2) is 83.3 Å². The zero-order valence-electron chi connectivity index (χ0n) is 14.9. The fourth-order valence-electron chi connectivity index (χ4n) is 2.36. The van der Waals surface area contributed by atoms with E-state index in [4.69, 9.17) is 0 Å². The highest BCUT2D eigenvalue weighted by atomic mass is 16.7. The Hall–Kier alpha value is -3.35. The van der Waals surface area contributed by atoms with Gasteiger partial charge in [-0.1, -0.05) is 0 Å². The molecule has 0 aromatic rings. The van der Waals surface area contributed by atoms with Crippen molar-refractivity contribution in [1.82, 2.24) is 15.0 Å². The summed E-state index contributed by atoms with van der Waals surface area (Å²) in [5, 5.41) is 0.636. The Morgan fingerprint density at radius 3 is 1.36 bits per heavy atom. The summed E-state index contributed by atoms with van der Waals surface area (Å²) in [7, 11) is 1.08. The number of amides is 4. The van der Waals surface area contributed by atoms with Crippen molar-refractivity contribution in [3.8, 4) is 0 Å². The Morgan fingerprint density at radius 2 is 1.04 bits per heavy atom. The minimum atomic E-state index is -1.09. The van der Waals surface area contributed by atoms with Gasteiger partial charge in [-0.05, 0) is 0 Å². The van der Waals surface area contributed by atoms with Gasteiger partial charge in [-0.2, -0.15) is 0 Å². The Labute approximate surface area is 157 Å². The Bertz CT molecular complexity index is 650. The molecule has 0 N–H and O–H groups in total. The zero-order valence-corrected chi connectivity index (χ0v) is 14.9. The lowest BCUT2D eigenvalue weighted by atomic mass is 10.4. The number of nitrogens with zero attached hydrogens (tertiary/aromatic N) is 3. The Kier molecular flexibility index (Phi) is 6.76. The molecule has 152 valence electrons. The molecule has 2 aliphatic rings. The van der Waals surface area contributed by atoms with Crippen molar-refractivity contribution in [2.24, 2.45) is 0 Å². The van der Waals surface area contributed by atoms with E-state index >= 15 is 0 Å². The molecule has 2 heterocycles. The molecule has 28 heavy (non-hydrogen) atoms. The third-order valence-electron chi connectivity index (χ3n) is 3.68. The van der Waals surface area contributed by atoms with Crippen LogP contribution in [0.25, 0.3) is 0 Å². The summed E-state index contributed by atoms with van der Waals surface area (Å²) in [6.07, 6.45) is -0.380. The number of methoxy groups -OCH3 is 1. The van der Waals surface area contributed by atoms with Crippen molar-refractivity contribution in [2.45, 2.75) is 25.7 Å². The molecule has 0 saturated carbocycles. The molecule has 0 spiro atoms. The summed E-state index contributed by atoms with van der Waals surface area (Å²) < 4.78 is 4.46. The van der Waals surface area contributed by atoms with Crippen LogP contribution in [0.5, 0.6) is 0 Å². The number of hydrogen-bond acceptors (Lipinski definition) is 11. The van der Waals surface area contributed by atoms with E-state index in [0.29, 0.717) is 10.1 Å². The molecule has 0 radical (unpaired) electrons. The average Bonchev–Trinajstić information content (AvgIpc) is 3.11. The van der Waals surface area contributed by atoms with Crippen molar-refractivity contribution >= 4 is 41.5 Å². The number of esters is 1. The van der Waals surface area contributed by atoms with Gasteiger partial charge >= 0.3 is 17.9 Å². The summed E-state index contributed by atoms with van der Waals surface area (Å²) in [6.45, 7) is -1.89. The van der Waals surface area contributed by atoms with Gasteiger partial charge in [-0.15, -0.1) is 10.1 Å². The van der Waals surface area contributed by atoms with E-state index in [1.807, 2.05) is 0 Å². The third kappa shape index (κ3) is 5.33. The minimum Gasteiger partial charge on any atom is -0.468 e. The molecule has 4 amide bonds. The van der Waals surface area contributed by atoms with E-state index in [1.54, 1.807) is 0 Å². The molecule has 0 atom stereocenters.